The van der Waals surface area contributed by atoms with E-state index in [0.717, 1.165) is 17.7 Å². The maximum Gasteiger partial charge on any atom is 0.253 e. The van der Waals surface area contributed by atoms with Crippen molar-refractivity contribution >= 4 is 23.6 Å². The van der Waals surface area contributed by atoms with Crippen molar-refractivity contribution in [3.05, 3.63) is 65.7 Å². The van der Waals surface area contributed by atoms with Gasteiger partial charge in [0.05, 0.1) is 18.4 Å². The van der Waals surface area contributed by atoms with Gasteiger partial charge in [0.1, 0.15) is 5.75 Å². The minimum atomic E-state index is -0.299. The first-order chi connectivity index (χ1) is 12.1. The molecule has 5 heteroatoms. The summed E-state index contributed by atoms with van der Waals surface area (Å²) in [5, 5.41) is 5.56. The van der Waals surface area contributed by atoms with Gasteiger partial charge >= 0.3 is 0 Å². The Morgan fingerprint density at radius 1 is 1.08 bits per heavy atom. The van der Waals surface area contributed by atoms with Crippen LogP contribution in [0.2, 0.25) is 0 Å². The lowest BCUT2D eigenvalue weighted by atomic mass is 10.1. The van der Waals surface area contributed by atoms with Crippen LogP contribution < -0.4 is 15.4 Å². The molecule has 5 nitrogen and oxygen atoms in total. The number of para-hydroxylation sites is 1. The maximum atomic E-state index is 12.2. The SMILES string of the molecule is CCCNC(=O)c1ccccc1NC(=O)/C=C\c1ccc(OC)cc1. The fourth-order valence-corrected chi connectivity index (χ4v) is 2.19. The summed E-state index contributed by atoms with van der Waals surface area (Å²) >= 11 is 0. The van der Waals surface area contributed by atoms with Crippen molar-refractivity contribution in [2.75, 3.05) is 19.0 Å². The third-order valence-electron chi connectivity index (χ3n) is 3.51. The molecule has 0 atom stereocenters. The quantitative estimate of drug-likeness (QED) is 0.760. The lowest BCUT2D eigenvalue weighted by Gasteiger charge is -2.10. The maximum absolute atomic E-state index is 12.2. The predicted molar refractivity (Wildman–Crippen MR) is 99.7 cm³/mol. The smallest absolute Gasteiger partial charge is 0.253 e. The van der Waals surface area contributed by atoms with Gasteiger partial charge in [-0.1, -0.05) is 31.2 Å². The number of hydrogen-bond acceptors (Lipinski definition) is 3. The van der Waals surface area contributed by atoms with E-state index in [4.69, 9.17) is 4.74 Å². The zero-order valence-electron chi connectivity index (χ0n) is 14.4. The predicted octanol–water partition coefficient (Wildman–Crippen LogP) is 3.49. The van der Waals surface area contributed by atoms with Crippen LogP contribution in [0.1, 0.15) is 29.3 Å². The molecule has 0 aliphatic rings. The second-order valence-electron chi connectivity index (χ2n) is 5.40. The fraction of sp³-hybridized carbons (Fsp3) is 0.200. The van der Waals surface area contributed by atoms with Gasteiger partial charge in [-0.2, -0.15) is 0 Å². The van der Waals surface area contributed by atoms with Gasteiger partial charge in [0.15, 0.2) is 0 Å². The first-order valence-electron chi connectivity index (χ1n) is 8.14. The summed E-state index contributed by atoms with van der Waals surface area (Å²) in [6, 6.07) is 14.3. The van der Waals surface area contributed by atoms with E-state index in [2.05, 4.69) is 10.6 Å². The van der Waals surface area contributed by atoms with E-state index in [1.165, 1.54) is 6.08 Å². The van der Waals surface area contributed by atoms with E-state index in [0.29, 0.717) is 17.8 Å². The Morgan fingerprint density at radius 2 is 1.80 bits per heavy atom. The van der Waals surface area contributed by atoms with Gasteiger partial charge < -0.3 is 15.4 Å². The number of rotatable bonds is 7. The molecule has 0 aliphatic carbocycles. The van der Waals surface area contributed by atoms with Crippen molar-refractivity contribution in [1.29, 1.82) is 0 Å². The molecule has 130 valence electrons. The summed E-state index contributed by atoms with van der Waals surface area (Å²) < 4.78 is 5.10. The minimum Gasteiger partial charge on any atom is -0.497 e. The molecular weight excluding hydrogens is 316 g/mol. The Morgan fingerprint density at radius 3 is 2.48 bits per heavy atom. The molecule has 2 N–H and O–H groups in total. The van der Waals surface area contributed by atoms with Gasteiger partial charge in [0.2, 0.25) is 5.91 Å². The van der Waals surface area contributed by atoms with Crippen molar-refractivity contribution in [3.63, 3.8) is 0 Å². The van der Waals surface area contributed by atoms with Crippen LogP contribution in [-0.2, 0) is 4.79 Å². The van der Waals surface area contributed by atoms with Gasteiger partial charge in [-0.3, -0.25) is 9.59 Å². The van der Waals surface area contributed by atoms with Crippen molar-refractivity contribution in [3.8, 4) is 5.75 Å². The Kier molecular flexibility index (Phi) is 6.77. The van der Waals surface area contributed by atoms with E-state index < -0.39 is 0 Å². The highest BCUT2D eigenvalue weighted by atomic mass is 16.5. The zero-order chi connectivity index (χ0) is 18.1. The number of methoxy groups -OCH3 is 1. The number of carbonyl (C=O) groups excluding carboxylic acids is 2. The van der Waals surface area contributed by atoms with E-state index in [9.17, 15) is 9.59 Å². The summed E-state index contributed by atoms with van der Waals surface area (Å²) in [4.78, 5) is 24.3. The molecule has 0 bridgehead atoms. The first-order valence-corrected chi connectivity index (χ1v) is 8.14. The highest BCUT2D eigenvalue weighted by Crippen LogP contribution is 2.16. The van der Waals surface area contributed by atoms with E-state index >= 15 is 0 Å². The number of benzene rings is 2. The summed E-state index contributed by atoms with van der Waals surface area (Å²) in [6.45, 7) is 2.58. The molecule has 0 unspecified atom stereocenters. The van der Waals surface area contributed by atoms with Gasteiger partial charge in [-0.15, -0.1) is 0 Å². The van der Waals surface area contributed by atoms with Crippen molar-refractivity contribution in [2.24, 2.45) is 0 Å². The molecule has 2 aromatic carbocycles. The van der Waals surface area contributed by atoms with Crippen LogP contribution in [0.25, 0.3) is 6.08 Å². The topological polar surface area (TPSA) is 67.4 Å². The third-order valence-corrected chi connectivity index (χ3v) is 3.51. The molecule has 2 rings (SSSR count). The molecule has 25 heavy (non-hydrogen) atoms. The number of carbonyl (C=O) groups is 2. The van der Waals surface area contributed by atoms with E-state index in [1.807, 2.05) is 31.2 Å². The number of nitrogens with one attached hydrogen (secondary N) is 2. The van der Waals surface area contributed by atoms with Crippen LogP contribution in [-0.4, -0.2) is 25.5 Å². The normalized spacial score (nSPS) is 10.5. The molecule has 0 aromatic heterocycles. The van der Waals surface area contributed by atoms with Crippen molar-refractivity contribution in [2.45, 2.75) is 13.3 Å². The minimum absolute atomic E-state index is 0.197. The van der Waals surface area contributed by atoms with Crippen LogP contribution in [0.4, 0.5) is 5.69 Å². The third kappa shape index (κ3) is 5.49. The van der Waals surface area contributed by atoms with Crippen LogP contribution >= 0.6 is 0 Å². The van der Waals surface area contributed by atoms with Crippen molar-refractivity contribution < 1.29 is 14.3 Å². The number of anilines is 1. The molecule has 2 aromatic rings. The lowest BCUT2D eigenvalue weighted by Crippen LogP contribution is -2.25. The summed E-state index contributed by atoms with van der Waals surface area (Å²) in [5.41, 5.74) is 1.81. The van der Waals surface area contributed by atoms with Crippen LogP contribution in [0.3, 0.4) is 0 Å². The summed E-state index contributed by atoms with van der Waals surface area (Å²) in [5.74, 6) is 0.261. The van der Waals surface area contributed by atoms with E-state index in [-0.39, 0.29) is 11.8 Å². The van der Waals surface area contributed by atoms with E-state index in [1.54, 1.807) is 37.5 Å². The fourth-order valence-electron chi connectivity index (χ4n) is 2.19. The number of ether oxygens (including phenoxy) is 1. The average molecular weight is 338 g/mol. The molecule has 0 saturated carbocycles. The molecule has 0 radical (unpaired) electrons. The van der Waals surface area contributed by atoms with Gasteiger partial charge in [-0.25, -0.2) is 0 Å². The van der Waals surface area contributed by atoms with Gasteiger partial charge in [0, 0.05) is 12.6 Å². The summed E-state index contributed by atoms with van der Waals surface area (Å²) in [7, 11) is 1.60. The van der Waals surface area contributed by atoms with Gasteiger partial charge in [0.25, 0.3) is 5.91 Å². The largest absolute Gasteiger partial charge is 0.497 e. The second kappa shape index (κ2) is 9.27. The molecule has 0 spiro atoms. The zero-order valence-corrected chi connectivity index (χ0v) is 14.4. The highest BCUT2D eigenvalue weighted by Gasteiger charge is 2.11. The van der Waals surface area contributed by atoms with Crippen LogP contribution in [0.5, 0.6) is 5.75 Å². The second-order valence-corrected chi connectivity index (χ2v) is 5.40. The first kappa shape index (κ1) is 18.3. The standard InChI is InChI=1S/C20H22N2O3/c1-3-14-21-20(24)17-6-4-5-7-18(17)22-19(23)13-10-15-8-11-16(25-2)12-9-15/h4-13H,3,14H2,1-2H3,(H,21,24)(H,22,23)/b13-10-. The molecular formula is C20H22N2O3. The Bertz CT molecular complexity index is 752. The van der Waals surface area contributed by atoms with Crippen LogP contribution in [0.15, 0.2) is 54.6 Å². The molecule has 0 heterocycles. The number of hydrogen-bond donors (Lipinski definition) is 2. The van der Waals surface area contributed by atoms with Crippen LogP contribution in [0, 0.1) is 0 Å². The molecule has 0 fully saturated rings. The van der Waals surface area contributed by atoms with Crippen molar-refractivity contribution in [1.82, 2.24) is 5.32 Å². The molecule has 0 aliphatic heterocycles. The highest BCUT2D eigenvalue weighted by molar-refractivity contribution is 6.07. The average Bonchev–Trinajstić information content (AvgIpc) is 2.65. The number of amides is 2. The van der Waals surface area contributed by atoms with Gasteiger partial charge in [-0.05, 0) is 42.3 Å². The monoisotopic (exact) mass is 338 g/mol. The Balaban J connectivity index is 2.04. The molecule has 2 amide bonds. The molecule has 0 saturated heterocycles. The Hall–Kier alpha value is -3.08. The lowest BCUT2D eigenvalue weighted by molar-refractivity contribution is -0.111. The summed E-state index contributed by atoms with van der Waals surface area (Å²) in [6.07, 6.45) is 3.99. The Labute approximate surface area is 147 Å².